The van der Waals surface area contributed by atoms with E-state index < -0.39 is 23.2 Å². The molecule has 0 unspecified atom stereocenters. The number of aromatic nitrogens is 2. The third-order valence-electron chi connectivity index (χ3n) is 9.38. The molecule has 10 heteroatoms. The molecule has 3 aromatic carbocycles. The molecule has 2 aliphatic heterocycles. The van der Waals surface area contributed by atoms with Gasteiger partial charge in [-0.2, -0.15) is 0 Å². The fraction of sp³-hybridized carbons (Fsp3) is 0.382. The molecule has 4 atom stereocenters. The molecule has 3 heterocycles. The van der Waals surface area contributed by atoms with Gasteiger partial charge >= 0.3 is 5.97 Å². The van der Waals surface area contributed by atoms with Crippen LogP contribution in [0.2, 0.25) is 10.0 Å². The number of hydrogen-bond donors (Lipinski definition) is 1. The van der Waals surface area contributed by atoms with Crippen molar-refractivity contribution in [2.24, 2.45) is 0 Å². The van der Waals surface area contributed by atoms with Crippen molar-refractivity contribution in [1.29, 1.82) is 0 Å². The number of carbonyl (C=O) groups excluding carboxylic acids is 2. The van der Waals surface area contributed by atoms with Gasteiger partial charge in [0.15, 0.2) is 0 Å². The third-order valence-corrected chi connectivity index (χ3v) is 9.91. The molecular weight excluding hydrogens is 602 g/mol. The third kappa shape index (κ3) is 5.07. The highest BCUT2D eigenvalue weighted by molar-refractivity contribution is 6.31. The normalized spacial score (nSPS) is 22.9. The van der Waals surface area contributed by atoms with E-state index in [1.807, 2.05) is 13.0 Å². The van der Waals surface area contributed by atoms with Crippen LogP contribution in [0.25, 0.3) is 11.0 Å². The average molecular weight is 638 g/mol. The monoisotopic (exact) mass is 636 g/mol. The van der Waals surface area contributed by atoms with Crippen LogP contribution in [0.5, 0.6) is 0 Å². The number of halogens is 3. The standard InChI is InChI=1S/C34H35Cl2FN4O3/c1-4-5-6-16-41-27-15-17-40-26-14-13-20(32(42)44-3)18-25(26)39-31(40)28(27)29(23-11-8-12-24(36)30(23)37)34(41,2)33(43)38-22-10-7-9-21(35)19-22/h7-14,18-19,27-29H,4-6,15-17H2,1-3H3,(H,38,43)/t27-,28+,29-,34+/m0/s1. The van der Waals surface area contributed by atoms with Crippen molar-refractivity contribution in [2.45, 2.75) is 69.5 Å². The smallest absolute Gasteiger partial charge is 0.337 e. The highest BCUT2D eigenvalue weighted by Gasteiger charge is 2.63. The number of imidazole rings is 1. The van der Waals surface area contributed by atoms with E-state index in [9.17, 15) is 9.59 Å². The lowest BCUT2D eigenvalue weighted by Crippen LogP contribution is -2.56. The van der Waals surface area contributed by atoms with Crippen LogP contribution in [0, 0.1) is 5.82 Å². The summed E-state index contributed by atoms with van der Waals surface area (Å²) in [5, 5.41) is 3.62. The van der Waals surface area contributed by atoms with Crippen molar-refractivity contribution in [2.75, 3.05) is 19.0 Å². The number of benzene rings is 3. The maximum Gasteiger partial charge on any atom is 0.337 e. The van der Waals surface area contributed by atoms with Crippen molar-refractivity contribution in [1.82, 2.24) is 14.5 Å². The largest absolute Gasteiger partial charge is 0.465 e. The van der Waals surface area contributed by atoms with E-state index >= 15 is 4.39 Å². The van der Waals surface area contributed by atoms with Crippen molar-refractivity contribution in [3.8, 4) is 0 Å². The van der Waals surface area contributed by atoms with E-state index in [4.69, 9.17) is 32.9 Å². The van der Waals surface area contributed by atoms with Crippen LogP contribution in [0.3, 0.4) is 0 Å². The Bertz CT molecular complexity index is 1740. The molecule has 1 fully saturated rings. The van der Waals surface area contributed by atoms with Gasteiger partial charge in [-0.25, -0.2) is 14.2 Å². The number of fused-ring (bicyclic) bond motifs is 5. The van der Waals surface area contributed by atoms with Gasteiger partial charge in [0.05, 0.1) is 28.7 Å². The molecule has 0 bridgehead atoms. The van der Waals surface area contributed by atoms with Crippen LogP contribution in [-0.4, -0.2) is 51.6 Å². The maximum atomic E-state index is 16.1. The first-order valence-corrected chi connectivity index (χ1v) is 15.8. The van der Waals surface area contributed by atoms with Crippen LogP contribution in [0.4, 0.5) is 10.1 Å². The lowest BCUT2D eigenvalue weighted by atomic mass is 9.73. The van der Waals surface area contributed by atoms with Gasteiger partial charge in [-0.3, -0.25) is 9.69 Å². The Kier molecular flexibility index (Phi) is 8.44. The quantitative estimate of drug-likeness (QED) is 0.158. The predicted octanol–water partition coefficient (Wildman–Crippen LogP) is 7.81. The van der Waals surface area contributed by atoms with Crippen LogP contribution < -0.4 is 5.32 Å². The number of ether oxygens (including phenoxy) is 1. The van der Waals surface area contributed by atoms with E-state index in [1.165, 1.54) is 13.2 Å². The zero-order valence-corrected chi connectivity index (χ0v) is 26.5. The van der Waals surface area contributed by atoms with Crippen LogP contribution >= 0.6 is 23.2 Å². The van der Waals surface area contributed by atoms with E-state index in [1.54, 1.807) is 48.5 Å². The summed E-state index contributed by atoms with van der Waals surface area (Å²) in [6.07, 6.45) is 3.67. The second kappa shape index (κ2) is 12.1. The molecule has 1 aromatic heterocycles. The van der Waals surface area contributed by atoms with Gasteiger partial charge in [0.25, 0.3) is 0 Å². The van der Waals surface area contributed by atoms with Crippen molar-refractivity contribution < 1.29 is 18.7 Å². The minimum Gasteiger partial charge on any atom is -0.465 e. The Balaban J connectivity index is 1.55. The zero-order chi connectivity index (χ0) is 31.2. The minimum atomic E-state index is -1.17. The number of methoxy groups -OCH3 is 1. The number of carbonyl (C=O) groups is 2. The van der Waals surface area contributed by atoms with Gasteiger partial charge < -0.3 is 14.6 Å². The van der Waals surface area contributed by atoms with Gasteiger partial charge in [-0.15, -0.1) is 0 Å². The van der Waals surface area contributed by atoms with E-state index in [0.29, 0.717) is 40.4 Å². The lowest BCUT2D eigenvalue weighted by Gasteiger charge is -2.40. The molecule has 44 heavy (non-hydrogen) atoms. The van der Waals surface area contributed by atoms with Gasteiger partial charge in [0, 0.05) is 35.1 Å². The first-order chi connectivity index (χ1) is 21.2. The van der Waals surface area contributed by atoms with Gasteiger partial charge in [0.2, 0.25) is 5.91 Å². The summed E-state index contributed by atoms with van der Waals surface area (Å²) < 4.78 is 23.2. The average Bonchev–Trinajstić information content (AvgIpc) is 3.51. The zero-order valence-electron chi connectivity index (χ0n) is 24.9. The number of nitrogens with zero attached hydrogens (tertiary/aromatic N) is 3. The molecule has 1 saturated heterocycles. The van der Waals surface area contributed by atoms with Crippen molar-refractivity contribution in [3.63, 3.8) is 0 Å². The Morgan fingerprint density at radius 2 is 1.91 bits per heavy atom. The minimum absolute atomic E-state index is 0.00751. The van der Waals surface area contributed by atoms with Gasteiger partial charge in [-0.05, 0) is 74.3 Å². The molecule has 6 rings (SSSR count). The molecule has 7 nitrogen and oxygen atoms in total. The number of unbranched alkanes of at least 4 members (excludes halogenated alkanes) is 2. The second-order valence-electron chi connectivity index (χ2n) is 11.8. The molecule has 4 aromatic rings. The van der Waals surface area contributed by atoms with E-state index in [2.05, 4.69) is 21.7 Å². The molecule has 0 aliphatic carbocycles. The molecule has 230 valence electrons. The topological polar surface area (TPSA) is 76.5 Å². The number of esters is 1. The summed E-state index contributed by atoms with van der Waals surface area (Å²) in [4.78, 5) is 34.3. The van der Waals surface area contributed by atoms with Crippen molar-refractivity contribution in [3.05, 3.63) is 93.5 Å². The Labute approximate surface area is 266 Å². The summed E-state index contributed by atoms with van der Waals surface area (Å²) >= 11 is 12.6. The Hall–Kier alpha value is -3.46. The number of rotatable bonds is 8. The predicted molar refractivity (Wildman–Crippen MR) is 171 cm³/mol. The fourth-order valence-electron chi connectivity index (χ4n) is 7.37. The van der Waals surface area contributed by atoms with E-state index in [0.717, 1.165) is 37.0 Å². The molecule has 0 spiro atoms. The number of hydrogen-bond acceptors (Lipinski definition) is 5. The van der Waals surface area contributed by atoms with Crippen LogP contribution in [0.15, 0.2) is 60.7 Å². The SMILES string of the molecule is CCCCCN1[C@H]2CCn3c(nc4cc(C(=O)OC)ccc43)[C@H]2[C@H](c2cccc(Cl)c2F)[C@]1(C)C(=O)Nc1cccc(Cl)c1. The summed E-state index contributed by atoms with van der Waals surface area (Å²) in [7, 11) is 1.35. The second-order valence-corrected chi connectivity index (χ2v) is 12.7. The molecule has 1 N–H and O–H groups in total. The maximum absolute atomic E-state index is 16.1. The van der Waals surface area contributed by atoms with E-state index in [-0.39, 0.29) is 22.9 Å². The molecule has 0 saturated carbocycles. The summed E-state index contributed by atoms with van der Waals surface area (Å²) in [6.45, 7) is 5.41. The number of anilines is 1. The Morgan fingerprint density at radius 3 is 2.66 bits per heavy atom. The summed E-state index contributed by atoms with van der Waals surface area (Å²) in [5.41, 5.74) is 1.73. The first kappa shape index (κ1) is 30.6. The number of amides is 1. The molecule has 2 aliphatic rings. The summed E-state index contributed by atoms with van der Waals surface area (Å²) in [5.74, 6) is -1.40. The molecule has 0 radical (unpaired) electrons. The van der Waals surface area contributed by atoms with Gasteiger partial charge in [0.1, 0.15) is 17.2 Å². The molecule has 1 amide bonds. The molecular formula is C34H35Cl2FN4O3. The highest BCUT2D eigenvalue weighted by Crippen LogP contribution is 2.57. The highest BCUT2D eigenvalue weighted by atomic mass is 35.5. The van der Waals surface area contributed by atoms with Crippen LogP contribution in [0.1, 0.15) is 73.1 Å². The van der Waals surface area contributed by atoms with Gasteiger partial charge in [-0.1, -0.05) is 61.2 Å². The van der Waals surface area contributed by atoms with Crippen LogP contribution in [-0.2, 0) is 16.1 Å². The number of nitrogens with one attached hydrogen (secondary N) is 1. The fourth-order valence-corrected chi connectivity index (χ4v) is 7.74. The first-order valence-electron chi connectivity index (χ1n) is 15.0. The summed E-state index contributed by atoms with van der Waals surface area (Å²) in [6, 6.07) is 17.3. The van der Waals surface area contributed by atoms with Crippen molar-refractivity contribution >= 4 is 51.8 Å². The number of aryl methyl sites for hydroxylation is 1. The number of likely N-dealkylation sites (tertiary alicyclic amines) is 1. The Morgan fingerprint density at radius 1 is 1.11 bits per heavy atom. The lowest BCUT2D eigenvalue weighted by molar-refractivity contribution is -0.127.